The van der Waals surface area contributed by atoms with Crippen molar-refractivity contribution in [3.63, 3.8) is 0 Å². The Bertz CT molecular complexity index is 862. The van der Waals surface area contributed by atoms with Gasteiger partial charge < -0.3 is 10.2 Å². The van der Waals surface area contributed by atoms with Crippen LogP contribution in [-0.4, -0.2) is 10.2 Å². The van der Waals surface area contributed by atoms with Gasteiger partial charge in [-0.1, -0.05) is 42.5 Å². The van der Waals surface area contributed by atoms with E-state index in [9.17, 15) is 19.0 Å². The van der Waals surface area contributed by atoms with Crippen LogP contribution in [0.5, 0.6) is 11.5 Å². The number of hydrogen-bond acceptors (Lipinski definition) is 2. The number of aromatic hydroxyl groups is 2. The van der Waals surface area contributed by atoms with Gasteiger partial charge in [-0.3, -0.25) is 0 Å². The molecule has 0 aliphatic heterocycles. The SMILES string of the molecule is Cc1cc(C(C)(c2ccccc2)c2cc(C)c(O)c(F)c2)cc(F)c1O. The van der Waals surface area contributed by atoms with Crippen molar-refractivity contribution >= 4 is 0 Å². The zero-order valence-corrected chi connectivity index (χ0v) is 14.8. The Labute approximate surface area is 151 Å². The molecule has 4 heteroatoms. The average Bonchev–Trinajstić information content (AvgIpc) is 2.63. The topological polar surface area (TPSA) is 40.5 Å². The molecule has 2 N–H and O–H groups in total. The molecule has 3 aromatic rings. The predicted molar refractivity (Wildman–Crippen MR) is 97.6 cm³/mol. The van der Waals surface area contributed by atoms with E-state index in [2.05, 4.69) is 0 Å². The molecule has 0 atom stereocenters. The van der Waals surface area contributed by atoms with Crippen molar-refractivity contribution < 1.29 is 19.0 Å². The molecular formula is C22H20F2O2. The van der Waals surface area contributed by atoms with E-state index in [0.717, 1.165) is 5.56 Å². The largest absolute Gasteiger partial charge is 0.505 e. The van der Waals surface area contributed by atoms with Gasteiger partial charge >= 0.3 is 0 Å². The Balaban J connectivity index is 2.35. The van der Waals surface area contributed by atoms with Gasteiger partial charge in [0.2, 0.25) is 0 Å². The lowest BCUT2D eigenvalue weighted by atomic mass is 9.70. The zero-order valence-electron chi connectivity index (χ0n) is 14.8. The first-order chi connectivity index (χ1) is 12.2. The second kappa shape index (κ2) is 6.45. The van der Waals surface area contributed by atoms with Gasteiger partial charge in [-0.2, -0.15) is 0 Å². The normalized spacial score (nSPS) is 11.6. The molecule has 0 saturated carbocycles. The summed E-state index contributed by atoms with van der Waals surface area (Å²) in [6, 6.07) is 15.3. The molecule has 0 heterocycles. The minimum absolute atomic E-state index is 0.391. The van der Waals surface area contributed by atoms with Crippen molar-refractivity contribution in [3.8, 4) is 11.5 Å². The highest BCUT2D eigenvalue weighted by Crippen LogP contribution is 2.42. The molecule has 0 aromatic heterocycles. The summed E-state index contributed by atoms with van der Waals surface area (Å²) in [5, 5.41) is 19.6. The first kappa shape index (κ1) is 17.9. The highest BCUT2D eigenvalue weighted by atomic mass is 19.1. The van der Waals surface area contributed by atoms with Gasteiger partial charge in [-0.15, -0.1) is 0 Å². The van der Waals surface area contributed by atoms with Crippen LogP contribution >= 0.6 is 0 Å². The highest BCUT2D eigenvalue weighted by molar-refractivity contribution is 5.54. The Morgan fingerprint density at radius 1 is 0.692 bits per heavy atom. The van der Waals surface area contributed by atoms with Gasteiger partial charge in [0, 0.05) is 5.41 Å². The van der Waals surface area contributed by atoms with Crippen LogP contribution in [0, 0.1) is 25.5 Å². The molecule has 3 rings (SSSR count). The fourth-order valence-electron chi connectivity index (χ4n) is 3.32. The maximum Gasteiger partial charge on any atom is 0.165 e. The van der Waals surface area contributed by atoms with E-state index in [1.54, 1.807) is 26.0 Å². The summed E-state index contributed by atoms with van der Waals surface area (Å²) < 4.78 is 28.5. The summed E-state index contributed by atoms with van der Waals surface area (Å²) in [5.74, 6) is -2.23. The van der Waals surface area contributed by atoms with Crippen molar-refractivity contribution in [3.05, 3.63) is 94.0 Å². The number of hydrogen-bond donors (Lipinski definition) is 2. The van der Waals surface area contributed by atoms with Gasteiger partial charge in [0.25, 0.3) is 0 Å². The number of benzene rings is 3. The second-order valence-electron chi connectivity index (χ2n) is 6.74. The quantitative estimate of drug-likeness (QED) is 0.623. The van der Waals surface area contributed by atoms with E-state index in [1.165, 1.54) is 12.1 Å². The summed E-state index contributed by atoms with van der Waals surface area (Å²) in [6.07, 6.45) is 0. The standard InChI is InChI=1S/C22H20F2O2/c1-13-9-16(11-18(23)20(13)25)22(3,15-7-5-4-6-8-15)17-10-14(2)21(26)19(24)12-17/h4-12,25-26H,1-3H3. The first-order valence-electron chi connectivity index (χ1n) is 8.30. The van der Waals surface area contributed by atoms with Gasteiger partial charge in [0.1, 0.15) is 0 Å². The van der Waals surface area contributed by atoms with Crippen molar-refractivity contribution in [1.29, 1.82) is 0 Å². The van der Waals surface area contributed by atoms with Crippen LogP contribution in [0.4, 0.5) is 8.78 Å². The third-order valence-corrected chi connectivity index (χ3v) is 5.01. The number of halogens is 2. The van der Waals surface area contributed by atoms with Crippen LogP contribution in [0.2, 0.25) is 0 Å². The van der Waals surface area contributed by atoms with E-state index in [-0.39, 0.29) is 0 Å². The zero-order chi connectivity index (χ0) is 19.1. The van der Waals surface area contributed by atoms with Gasteiger partial charge in [0.05, 0.1) is 0 Å². The second-order valence-corrected chi connectivity index (χ2v) is 6.74. The summed E-state index contributed by atoms with van der Waals surface area (Å²) in [5.41, 5.74) is 1.94. The van der Waals surface area contributed by atoms with E-state index in [1.807, 2.05) is 37.3 Å². The fraction of sp³-hybridized carbons (Fsp3) is 0.182. The molecular weight excluding hydrogens is 334 g/mol. The monoisotopic (exact) mass is 354 g/mol. The lowest BCUT2D eigenvalue weighted by molar-refractivity contribution is 0.425. The Morgan fingerprint density at radius 2 is 1.12 bits per heavy atom. The minimum atomic E-state index is -0.875. The van der Waals surface area contributed by atoms with Crippen molar-refractivity contribution in [1.82, 2.24) is 0 Å². The van der Waals surface area contributed by atoms with Crippen LogP contribution in [0.3, 0.4) is 0 Å². The average molecular weight is 354 g/mol. The lowest BCUT2D eigenvalue weighted by Crippen LogP contribution is -2.26. The van der Waals surface area contributed by atoms with Crippen molar-refractivity contribution in [2.45, 2.75) is 26.2 Å². The maximum atomic E-state index is 14.3. The molecule has 2 nitrogen and oxygen atoms in total. The molecule has 0 unspecified atom stereocenters. The lowest BCUT2D eigenvalue weighted by Gasteiger charge is -2.33. The fourth-order valence-corrected chi connectivity index (χ4v) is 3.32. The molecule has 0 saturated heterocycles. The third kappa shape index (κ3) is 2.81. The van der Waals surface area contributed by atoms with E-state index < -0.39 is 28.5 Å². The molecule has 26 heavy (non-hydrogen) atoms. The van der Waals surface area contributed by atoms with Gasteiger partial charge in [0.15, 0.2) is 23.1 Å². The van der Waals surface area contributed by atoms with Gasteiger partial charge in [-0.25, -0.2) is 8.78 Å². The maximum absolute atomic E-state index is 14.3. The van der Waals surface area contributed by atoms with Crippen LogP contribution < -0.4 is 0 Å². The van der Waals surface area contributed by atoms with E-state index in [0.29, 0.717) is 22.3 Å². The third-order valence-electron chi connectivity index (χ3n) is 5.01. The van der Waals surface area contributed by atoms with Gasteiger partial charge in [-0.05, 0) is 60.7 Å². The summed E-state index contributed by atoms with van der Waals surface area (Å²) in [6.45, 7) is 5.12. The molecule has 134 valence electrons. The number of aryl methyl sites for hydroxylation is 2. The molecule has 0 radical (unpaired) electrons. The Morgan fingerprint density at radius 3 is 1.50 bits per heavy atom. The molecule has 0 aliphatic carbocycles. The molecule has 0 spiro atoms. The molecule has 0 fully saturated rings. The summed E-state index contributed by atoms with van der Waals surface area (Å²) >= 11 is 0. The molecule has 0 aliphatic rings. The van der Waals surface area contributed by atoms with Crippen LogP contribution in [0.25, 0.3) is 0 Å². The number of rotatable bonds is 3. The van der Waals surface area contributed by atoms with E-state index >= 15 is 0 Å². The van der Waals surface area contributed by atoms with Crippen LogP contribution in [-0.2, 0) is 5.41 Å². The van der Waals surface area contributed by atoms with Crippen molar-refractivity contribution in [2.24, 2.45) is 0 Å². The summed E-state index contributed by atoms with van der Waals surface area (Å²) in [4.78, 5) is 0. The molecule has 3 aromatic carbocycles. The van der Waals surface area contributed by atoms with E-state index in [4.69, 9.17) is 0 Å². The van der Waals surface area contributed by atoms with Crippen LogP contribution in [0.15, 0.2) is 54.6 Å². The molecule has 0 bridgehead atoms. The first-order valence-corrected chi connectivity index (χ1v) is 8.30. The molecule has 0 amide bonds. The Hall–Kier alpha value is -2.88. The van der Waals surface area contributed by atoms with Crippen LogP contribution in [0.1, 0.15) is 34.7 Å². The van der Waals surface area contributed by atoms with Crippen molar-refractivity contribution in [2.75, 3.05) is 0 Å². The highest BCUT2D eigenvalue weighted by Gasteiger charge is 2.33. The number of phenols is 2. The Kier molecular flexibility index (Phi) is 4.45. The minimum Gasteiger partial charge on any atom is -0.505 e. The smallest absolute Gasteiger partial charge is 0.165 e. The number of phenolic OH excluding ortho intramolecular Hbond substituents is 2. The summed E-state index contributed by atoms with van der Waals surface area (Å²) in [7, 11) is 0. The predicted octanol–water partition coefficient (Wildman–Crippen LogP) is 5.35.